The number of nitrogens with zero attached hydrogens (tertiary/aromatic N) is 4. The van der Waals surface area contributed by atoms with E-state index in [1.165, 1.54) is 0 Å². The normalized spacial score (nSPS) is 39.7. The van der Waals surface area contributed by atoms with Crippen LogP contribution in [-0.2, 0) is 0 Å². The molecule has 4 rings (SSSR count). The van der Waals surface area contributed by atoms with Gasteiger partial charge in [0, 0.05) is 33.2 Å². The molecule has 0 saturated carbocycles. The molecular formula is C7H20IN9P3+. The third-order valence-corrected chi connectivity index (χ3v) is 17.5. The van der Waals surface area contributed by atoms with Crippen LogP contribution in [0.1, 0.15) is 0 Å². The van der Waals surface area contributed by atoms with Crippen LogP contribution in [0.3, 0.4) is 0 Å². The Morgan fingerprint density at radius 3 is 2.30 bits per heavy atom. The monoisotopic (exact) mass is 450 g/mol. The summed E-state index contributed by atoms with van der Waals surface area (Å²) in [6, 6.07) is 0. The first kappa shape index (κ1) is 14.9. The SMILES string of the molecule is CN1P2(=NP3(=N[P+]14NCCN4I)NCCN3)NCCN2. The minimum atomic E-state index is -1.97. The average molecular weight is 450 g/mol. The van der Waals surface area contributed by atoms with Crippen LogP contribution < -0.4 is 25.4 Å². The van der Waals surface area contributed by atoms with Crippen molar-refractivity contribution in [3.8, 4) is 0 Å². The van der Waals surface area contributed by atoms with Crippen LogP contribution in [0.5, 0.6) is 0 Å². The van der Waals surface area contributed by atoms with E-state index in [-0.39, 0.29) is 0 Å². The highest BCUT2D eigenvalue weighted by molar-refractivity contribution is 14.1. The van der Waals surface area contributed by atoms with Crippen molar-refractivity contribution in [1.82, 2.24) is 32.8 Å². The van der Waals surface area contributed by atoms with E-state index in [9.17, 15) is 0 Å². The second-order valence-electron chi connectivity index (χ2n) is 5.04. The Morgan fingerprint density at radius 2 is 1.70 bits per heavy atom. The van der Waals surface area contributed by atoms with Crippen LogP contribution in [0.4, 0.5) is 0 Å². The molecule has 9 nitrogen and oxygen atoms in total. The maximum absolute atomic E-state index is 5.24. The summed E-state index contributed by atoms with van der Waals surface area (Å²) in [4.78, 5) is 0. The van der Waals surface area contributed by atoms with Gasteiger partial charge in [-0.25, -0.2) is 10.2 Å². The van der Waals surface area contributed by atoms with Gasteiger partial charge in [-0.1, -0.05) is 7.32 Å². The molecule has 3 spiro atoms. The standard InChI is InChI=1S/C7H20IN9P3/c1-16-19(11-4-5-12-19)14-18(9-2-3-10-18)15-20(16)13-6-7-17(20)8/h9-13H,2-7H2,1H3/q+1. The van der Waals surface area contributed by atoms with E-state index >= 15 is 0 Å². The molecule has 20 heavy (non-hydrogen) atoms. The van der Waals surface area contributed by atoms with Gasteiger partial charge in [-0.15, -0.1) is 5.09 Å². The van der Waals surface area contributed by atoms with Crippen LogP contribution in [0, 0.1) is 0 Å². The number of hydrogen-bond acceptors (Lipinski definition) is 9. The molecule has 0 aliphatic carbocycles. The lowest BCUT2D eigenvalue weighted by Crippen LogP contribution is -2.35. The summed E-state index contributed by atoms with van der Waals surface area (Å²) >= 11 is 2.43. The highest BCUT2D eigenvalue weighted by Gasteiger charge is 2.64. The Labute approximate surface area is 133 Å². The van der Waals surface area contributed by atoms with Crippen molar-refractivity contribution in [2.24, 2.45) is 9.03 Å². The van der Waals surface area contributed by atoms with Gasteiger partial charge in [0.15, 0.2) is 0 Å². The fraction of sp³-hybridized carbons (Fsp3) is 1.00. The first-order valence-corrected chi connectivity index (χ1v) is 12.7. The molecule has 0 radical (unpaired) electrons. The summed E-state index contributed by atoms with van der Waals surface area (Å²) in [5, 5.41) is 18.1. The van der Waals surface area contributed by atoms with Gasteiger partial charge in [0.25, 0.3) is 7.51 Å². The van der Waals surface area contributed by atoms with Crippen molar-refractivity contribution < 1.29 is 0 Å². The number of halogens is 1. The highest BCUT2D eigenvalue weighted by atomic mass is 127. The molecule has 0 aromatic rings. The fourth-order valence-electron chi connectivity index (χ4n) is 2.86. The Bertz CT molecular complexity index is 520. The molecular weight excluding hydrogens is 430 g/mol. The predicted octanol–water partition coefficient (Wildman–Crippen LogP) is 1.14. The maximum atomic E-state index is 5.24. The lowest BCUT2D eigenvalue weighted by Gasteiger charge is -2.39. The van der Waals surface area contributed by atoms with Crippen LogP contribution in [0.2, 0.25) is 0 Å². The van der Waals surface area contributed by atoms with E-state index < -0.39 is 22.9 Å². The van der Waals surface area contributed by atoms with Crippen molar-refractivity contribution in [1.29, 1.82) is 0 Å². The Morgan fingerprint density at radius 1 is 1.05 bits per heavy atom. The maximum Gasteiger partial charge on any atom is 0.371 e. The summed E-state index contributed by atoms with van der Waals surface area (Å²) in [6.07, 6.45) is 0. The van der Waals surface area contributed by atoms with Gasteiger partial charge in [-0.2, -0.15) is 4.52 Å². The highest BCUT2D eigenvalue weighted by Crippen LogP contribution is 2.83. The second-order valence-corrected chi connectivity index (χ2v) is 15.5. The first-order chi connectivity index (χ1) is 9.61. The molecule has 13 heteroatoms. The third-order valence-electron chi connectivity index (χ3n) is 3.84. The average Bonchev–Trinajstić information content (AvgIpc) is 3.13. The van der Waals surface area contributed by atoms with Crippen LogP contribution in [-0.4, -0.2) is 53.6 Å². The van der Waals surface area contributed by atoms with Crippen LogP contribution >= 0.6 is 45.7 Å². The topological polar surface area (TPSA) is 91.4 Å². The fourth-order valence-corrected chi connectivity index (χ4v) is 18.8. The molecule has 0 bridgehead atoms. The van der Waals surface area contributed by atoms with Gasteiger partial charge < -0.3 is 0 Å². The van der Waals surface area contributed by atoms with Gasteiger partial charge in [-0.3, -0.25) is 10.2 Å². The molecule has 0 aromatic heterocycles. The Balaban J connectivity index is 1.90. The number of rotatable bonds is 0. The first-order valence-electron chi connectivity index (χ1n) is 6.72. The quantitative estimate of drug-likeness (QED) is 0.215. The minimum absolute atomic E-state index is 0.950. The van der Waals surface area contributed by atoms with E-state index in [2.05, 4.69) is 62.7 Å². The lowest BCUT2D eigenvalue weighted by atomic mass is 10.7. The Kier molecular flexibility index (Phi) is 3.86. The van der Waals surface area contributed by atoms with Crippen molar-refractivity contribution in [3.63, 3.8) is 0 Å². The van der Waals surface area contributed by atoms with Gasteiger partial charge >= 0.3 is 7.87 Å². The molecule has 1 unspecified atom stereocenters. The van der Waals surface area contributed by atoms with Crippen LogP contribution in [0.25, 0.3) is 0 Å². The zero-order chi connectivity index (χ0) is 13.8. The molecule has 4 heterocycles. The van der Waals surface area contributed by atoms with E-state index in [1.807, 2.05) is 0 Å². The Hall–Kier alpha value is 1.34. The van der Waals surface area contributed by atoms with E-state index in [1.54, 1.807) is 0 Å². The smallest absolute Gasteiger partial charge is 0.256 e. The number of hydrogen-bond donors (Lipinski definition) is 5. The molecule has 3 fully saturated rings. The minimum Gasteiger partial charge on any atom is -0.256 e. The number of nitrogens with one attached hydrogen (secondary N) is 5. The molecule has 114 valence electrons. The van der Waals surface area contributed by atoms with E-state index in [0.29, 0.717) is 0 Å². The van der Waals surface area contributed by atoms with Crippen molar-refractivity contribution in [2.75, 3.05) is 46.3 Å². The zero-order valence-electron chi connectivity index (χ0n) is 11.3. The van der Waals surface area contributed by atoms with Gasteiger partial charge in [0.05, 0.1) is 36.0 Å². The third kappa shape index (κ3) is 2.05. The van der Waals surface area contributed by atoms with Gasteiger partial charge in [0.2, 0.25) is 7.51 Å². The van der Waals surface area contributed by atoms with E-state index in [4.69, 9.17) is 9.03 Å². The van der Waals surface area contributed by atoms with Gasteiger partial charge in [-0.05, 0) is 4.52 Å². The van der Waals surface area contributed by atoms with Gasteiger partial charge in [0.1, 0.15) is 0 Å². The summed E-state index contributed by atoms with van der Waals surface area (Å²) in [5.74, 6) is 0. The summed E-state index contributed by atoms with van der Waals surface area (Å²) in [6.45, 7) is 5.87. The molecule has 0 amide bonds. The largest absolute Gasteiger partial charge is 0.371 e. The van der Waals surface area contributed by atoms with Crippen molar-refractivity contribution in [3.05, 3.63) is 0 Å². The summed E-state index contributed by atoms with van der Waals surface area (Å²) < 4.78 is 15.2. The molecule has 5 N–H and O–H groups in total. The zero-order valence-corrected chi connectivity index (χ0v) is 16.1. The lowest BCUT2D eigenvalue weighted by molar-refractivity contribution is 0.735. The second kappa shape index (κ2) is 5.18. The van der Waals surface area contributed by atoms with E-state index in [0.717, 1.165) is 39.3 Å². The molecule has 4 aliphatic rings. The molecule has 4 aliphatic heterocycles. The predicted molar refractivity (Wildman–Crippen MR) is 94.1 cm³/mol. The van der Waals surface area contributed by atoms with Crippen molar-refractivity contribution >= 4 is 45.7 Å². The summed E-state index contributed by atoms with van der Waals surface area (Å²) in [7, 11) is -3.55. The molecule has 1 atom stereocenters. The van der Waals surface area contributed by atoms with Crippen LogP contribution in [0.15, 0.2) is 9.03 Å². The summed E-state index contributed by atoms with van der Waals surface area (Å²) in [5.41, 5.74) is 0. The molecule has 0 aromatic carbocycles. The molecule has 3 saturated heterocycles. The van der Waals surface area contributed by atoms with Crippen molar-refractivity contribution in [2.45, 2.75) is 0 Å².